The SMILES string of the molecule is O=C(CCc1ccc(COc2ccccc2F)cc1)[C@@H]1CCCN1S(=O)(=O)c1ccc(Cl)s1. The molecular weight excluding hydrogens is 485 g/mol. The van der Waals surface area contributed by atoms with Crippen LogP contribution in [0.3, 0.4) is 0 Å². The molecule has 1 aliphatic heterocycles. The predicted octanol–water partition coefficient (Wildman–Crippen LogP) is 5.47. The Hall–Kier alpha value is -2.26. The minimum absolute atomic E-state index is 0.0781. The van der Waals surface area contributed by atoms with Crippen LogP contribution in [-0.4, -0.2) is 31.1 Å². The number of hydrogen-bond donors (Lipinski definition) is 0. The van der Waals surface area contributed by atoms with E-state index >= 15 is 0 Å². The first-order chi connectivity index (χ1) is 15.8. The molecule has 1 saturated heterocycles. The van der Waals surface area contributed by atoms with Gasteiger partial charge >= 0.3 is 0 Å². The van der Waals surface area contributed by atoms with Crippen molar-refractivity contribution in [1.29, 1.82) is 0 Å². The molecule has 174 valence electrons. The molecule has 4 rings (SSSR count). The number of thiophene rings is 1. The molecule has 1 fully saturated rings. The summed E-state index contributed by atoms with van der Waals surface area (Å²) >= 11 is 6.91. The van der Waals surface area contributed by atoms with Crippen molar-refractivity contribution < 1.29 is 22.3 Å². The topological polar surface area (TPSA) is 63.7 Å². The normalized spacial score (nSPS) is 16.7. The Bertz CT molecular complexity index is 1230. The molecule has 0 spiro atoms. The fourth-order valence-corrected chi connectivity index (χ4v) is 7.15. The van der Waals surface area contributed by atoms with Gasteiger partial charge < -0.3 is 4.74 Å². The van der Waals surface area contributed by atoms with Crippen LogP contribution < -0.4 is 4.74 Å². The van der Waals surface area contributed by atoms with Gasteiger partial charge in [-0.05, 0) is 54.7 Å². The van der Waals surface area contributed by atoms with Crippen molar-refractivity contribution >= 4 is 38.7 Å². The molecule has 2 heterocycles. The zero-order chi connectivity index (χ0) is 23.4. The molecule has 0 radical (unpaired) electrons. The van der Waals surface area contributed by atoms with Gasteiger partial charge in [-0.3, -0.25) is 4.79 Å². The highest BCUT2D eigenvalue weighted by molar-refractivity contribution is 7.91. The number of carbonyl (C=O) groups excluding carboxylic acids is 1. The monoisotopic (exact) mass is 507 g/mol. The van der Waals surface area contributed by atoms with Gasteiger partial charge in [0, 0.05) is 13.0 Å². The van der Waals surface area contributed by atoms with E-state index in [1.54, 1.807) is 24.3 Å². The number of sulfonamides is 1. The van der Waals surface area contributed by atoms with E-state index in [2.05, 4.69) is 0 Å². The highest BCUT2D eigenvalue weighted by Crippen LogP contribution is 2.32. The second kappa shape index (κ2) is 10.3. The van der Waals surface area contributed by atoms with Gasteiger partial charge in [-0.2, -0.15) is 4.31 Å². The maximum Gasteiger partial charge on any atom is 0.253 e. The van der Waals surface area contributed by atoms with Crippen LogP contribution in [0.4, 0.5) is 4.39 Å². The Kier molecular flexibility index (Phi) is 7.48. The summed E-state index contributed by atoms with van der Waals surface area (Å²) in [7, 11) is -3.73. The molecule has 1 atom stereocenters. The molecule has 9 heteroatoms. The molecule has 2 aromatic carbocycles. The van der Waals surface area contributed by atoms with Crippen LogP contribution in [0.25, 0.3) is 0 Å². The average Bonchev–Trinajstić information content (AvgIpc) is 3.48. The summed E-state index contributed by atoms with van der Waals surface area (Å²) in [5.74, 6) is -0.281. The van der Waals surface area contributed by atoms with Crippen molar-refractivity contribution in [3.8, 4) is 5.75 Å². The van der Waals surface area contributed by atoms with Crippen LogP contribution in [0.2, 0.25) is 4.34 Å². The van der Waals surface area contributed by atoms with E-state index in [1.807, 2.05) is 24.3 Å². The maximum atomic E-state index is 13.7. The number of aryl methyl sites for hydroxylation is 1. The lowest BCUT2D eigenvalue weighted by Gasteiger charge is -2.22. The average molecular weight is 508 g/mol. The zero-order valence-corrected chi connectivity index (χ0v) is 20.1. The third kappa shape index (κ3) is 5.63. The van der Waals surface area contributed by atoms with Gasteiger partial charge in [-0.25, -0.2) is 12.8 Å². The number of rotatable bonds is 9. The smallest absolute Gasteiger partial charge is 0.253 e. The zero-order valence-electron chi connectivity index (χ0n) is 17.7. The Morgan fingerprint density at radius 1 is 1.09 bits per heavy atom. The van der Waals surface area contributed by atoms with Crippen LogP contribution in [0.15, 0.2) is 64.9 Å². The number of ketones is 1. The van der Waals surface area contributed by atoms with Gasteiger partial charge in [0.25, 0.3) is 10.0 Å². The van der Waals surface area contributed by atoms with Gasteiger partial charge in [0.15, 0.2) is 17.3 Å². The highest BCUT2D eigenvalue weighted by Gasteiger charge is 2.39. The Balaban J connectivity index is 1.33. The summed E-state index contributed by atoms with van der Waals surface area (Å²) in [5, 5.41) is 0. The quantitative estimate of drug-likeness (QED) is 0.385. The van der Waals surface area contributed by atoms with Crippen molar-refractivity contribution in [2.24, 2.45) is 0 Å². The van der Waals surface area contributed by atoms with E-state index in [4.69, 9.17) is 16.3 Å². The van der Waals surface area contributed by atoms with Gasteiger partial charge in [-0.15, -0.1) is 11.3 Å². The second-order valence-corrected chi connectivity index (χ2v) is 11.7. The summed E-state index contributed by atoms with van der Waals surface area (Å²) in [5.41, 5.74) is 1.85. The standard InChI is InChI=1S/C24H23ClFNO4S2/c25-23-13-14-24(32-23)33(29,30)27-15-3-5-20(27)21(28)12-11-17-7-9-18(10-8-17)16-31-22-6-2-1-4-19(22)26/h1-2,4,6-10,13-14,20H,3,5,11-12,15-16H2/t20-/m0/s1. The Morgan fingerprint density at radius 3 is 2.52 bits per heavy atom. The molecule has 1 aromatic heterocycles. The Labute approximate surface area is 201 Å². The number of carbonyl (C=O) groups is 1. The molecule has 1 aliphatic rings. The van der Waals surface area contributed by atoms with Crippen molar-refractivity contribution in [1.82, 2.24) is 4.31 Å². The van der Waals surface area contributed by atoms with Gasteiger partial charge in [0.05, 0.1) is 10.4 Å². The van der Waals surface area contributed by atoms with E-state index in [0.29, 0.717) is 30.1 Å². The van der Waals surface area contributed by atoms with Gasteiger partial charge in [0.2, 0.25) is 0 Å². The largest absolute Gasteiger partial charge is 0.486 e. The van der Waals surface area contributed by atoms with Gasteiger partial charge in [0.1, 0.15) is 10.8 Å². The lowest BCUT2D eigenvalue weighted by Crippen LogP contribution is -2.40. The van der Waals surface area contributed by atoms with Crippen LogP contribution >= 0.6 is 22.9 Å². The third-order valence-electron chi connectivity index (χ3n) is 5.60. The van der Waals surface area contributed by atoms with Crippen LogP contribution in [-0.2, 0) is 27.8 Å². The lowest BCUT2D eigenvalue weighted by molar-refractivity contribution is -0.122. The number of ether oxygens (including phenoxy) is 1. The molecule has 0 amide bonds. The number of nitrogens with zero attached hydrogens (tertiary/aromatic N) is 1. The van der Waals surface area contributed by atoms with Crippen molar-refractivity contribution in [2.45, 2.75) is 42.5 Å². The summed E-state index contributed by atoms with van der Waals surface area (Å²) in [6.07, 6.45) is 1.96. The fraction of sp³-hybridized carbons (Fsp3) is 0.292. The first kappa shape index (κ1) is 23.9. The van der Waals surface area contributed by atoms with E-state index in [9.17, 15) is 17.6 Å². The van der Waals surface area contributed by atoms with Crippen LogP contribution in [0.5, 0.6) is 5.75 Å². The summed E-state index contributed by atoms with van der Waals surface area (Å²) in [6.45, 7) is 0.576. The van der Waals surface area contributed by atoms with E-state index in [0.717, 1.165) is 22.5 Å². The first-order valence-electron chi connectivity index (χ1n) is 10.6. The molecule has 0 unspecified atom stereocenters. The minimum Gasteiger partial charge on any atom is -0.486 e. The molecule has 0 bridgehead atoms. The summed E-state index contributed by atoms with van der Waals surface area (Å²) in [4.78, 5) is 12.9. The molecule has 3 aromatic rings. The highest BCUT2D eigenvalue weighted by atomic mass is 35.5. The van der Waals surface area contributed by atoms with E-state index in [1.165, 1.54) is 16.4 Å². The molecule has 0 saturated carbocycles. The number of Topliss-reactive ketones (excluding diaryl/α,β-unsaturated/α-hetero) is 1. The fourth-order valence-electron chi connectivity index (χ4n) is 3.86. The number of hydrogen-bond acceptors (Lipinski definition) is 5. The molecule has 0 aliphatic carbocycles. The molecule has 5 nitrogen and oxygen atoms in total. The van der Waals surface area contributed by atoms with E-state index < -0.39 is 21.9 Å². The summed E-state index contributed by atoms with van der Waals surface area (Å²) < 4.78 is 47.0. The predicted molar refractivity (Wildman–Crippen MR) is 127 cm³/mol. The lowest BCUT2D eigenvalue weighted by atomic mass is 10.0. The molecule has 33 heavy (non-hydrogen) atoms. The molecule has 0 N–H and O–H groups in total. The summed E-state index contributed by atoms with van der Waals surface area (Å²) in [6, 6.07) is 16.2. The number of para-hydroxylation sites is 1. The van der Waals surface area contributed by atoms with E-state index in [-0.39, 0.29) is 28.8 Å². The van der Waals surface area contributed by atoms with Crippen LogP contribution in [0.1, 0.15) is 30.4 Å². The second-order valence-electron chi connectivity index (χ2n) is 7.83. The van der Waals surface area contributed by atoms with Crippen molar-refractivity contribution in [2.75, 3.05) is 6.54 Å². The number of benzene rings is 2. The molecular formula is C24H23ClFNO4S2. The minimum atomic E-state index is -3.73. The number of halogens is 2. The maximum absolute atomic E-state index is 13.7. The van der Waals surface area contributed by atoms with Gasteiger partial charge in [-0.1, -0.05) is 48.0 Å². The van der Waals surface area contributed by atoms with Crippen molar-refractivity contribution in [3.05, 3.63) is 81.9 Å². The van der Waals surface area contributed by atoms with Crippen LogP contribution in [0, 0.1) is 5.82 Å². The first-order valence-corrected chi connectivity index (χ1v) is 13.2. The third-order valence-corrected chi connectivity index (χ3v) is 9.21. The Morgan fingerprint density at radius 2 is 1.82 bits per heavy atom. The van der Waals surface area contributed by atoms with Crippen molar-refractivity contribution in [3.63, 3.8) is 0 Å².